The summed E-state index contributed by atoms with van der Waals surface area (Å²) in [6.07, 6.45) is 0. The number of fused-ring (bicyclic) bond motifs is 1. The van der Waals surface area contributed by atoms with Crippen molar-refractivity contribution in [2.24, 2.45) is 0 Å². The Morgan fingerprint density at radius 1 is 1.23 bits per heavy atom. The minimum atomic E-state index is -0.0211. The summed E-state index contributed by atoms with van der Waals surface area (Å²) in [7, 11) is 0. The predicted molar refractivity (Wildman–Crippen MR) is 54.9 cm³/mol. The lowest BCUT2D eigenvalue weighted by molar-refractivity contribution is 0.277. The maximum atomic E-state index is 8.88. The van der Waals surface area contributed by atoms with Crippen molar-refractivity contribution in [1.82, 2.24) is 4.98 Å². The number of rotatable bonds is 1. The maximum Gasteiger partial charge on any atom is 0.0853 e. The normalized spacial score (nSPS) is 10.6. The van der Waals surface area contributed by atoms with E-state index in [1.54, 1.807) is 0 Å². The molecule has 0 aliphatic carbocycles. The summed E-state index contributed by atoms with van der Waals surface area (Å²) in [6, 6.07) is 9.54. The number of aromatic nitrogens is 1. The monoisotopic (exact) mass is 191 g/mol. The fourth-order valence-electron chi connectivity index (χ4n) is 1.24. The van der Waals surface area contributed by atoms with Gasteiger partial charge in [0.15, 0.2) is 0 Å². The third-order valence-corrected chi connectivity index (χ3v) is 2.17. The highest BCUT2D eigenvalue weighted by Crippen LogP contribution is 2.16. The topological polar surface area (TPSA) is 33.1 Å². The third-order valence-electron chi connectivity index (χ3n) is 1.90. The van der Waals surface area contributed by atoms with Crippen molar-refractivity contribution in [3.05, 3.63) is 36.0 Å². The van der Waals surface area contributed by atoms with E-state index in [4.69, 9.17) is 5.11 Å². The zero-order chi connectivity index (χ0) is 9.26. The van der Waals surface area contributed by atoms with E-state index in [-0.39, 0.29) is 6.61 Å². The third kappa shape index (κ3) is 1.66. The largest absolute Gasteiger partial charge is 0.390 e. The van der Waals surface area contributed by atoms with Crippen molar-refractivity contribution in [3.63, 3.8) is 0 Å². The number of hydrogen-bond acceptors (Lipinski definition) is 3. The van der Waals surface area contributed by atoms with Gasteiger partial charge < -0.3 is 5.11 Å². The lowest BCUT2D eigenvalue weighted by Crippen LogP contribution is -1.88. The SMILES string of the molecule is OCc1ccc2ccc(S)cc2n1. The van der Waals surface area contributed by atoms with Crippen LogP contribution in [0.1, 0.15) is 5.69 Å². The highest BCUT2D eigenvalue weighted by molar-refractivity contribution is 7.80. The van der Waals surface area contributed by atoms with Crippen molar-refractivity contribution in [3.8, 4) is 0 Å². The molecule has 0 fully saturated rings. The molecule has 0 spiro atoms. The molecule has 0 bridgehead atoms. The molecule has 2 nitrogen and oxygen atoms in total. The molecule has 0 aliphatic rings. The Kier molecular flexibility index (Phi) is 2.20. The van der Waals surface area contributed by atoms with Crippen molar-refractivity contribution in [2.45, 2.75) is 11.5 Å². The summed E-state index contributed by atoms with van der Waals surface area (Å²) in [5, 5.41) is 9.95. The molecule has 1 aromatic heterocycles. The van der Waals surface area contributed by atoms with Crippen LogP contribution in [-0.4, -0.2) is 10.1 Å². The minimum absolute atomic E-state index is 0.0211. The van der Waals surface area contributed by atoms with Crippen LogP contribution >= 0.6 is 12.6 Å². The second-order valence-electron chi connectivity index (χ2n) is 2.84. The highest BCUT2D eigenvalue weighted by Gasteiger charge is 1.97. The molecule has 3 heteroatoms. The van der Waals surface area contributed by atoms with E-state index < -0.39 is 0 Å². The molecular weight excluding hydrogens is 182 g/mol. The molecule has 0 unspecified atom stereocenters. The van der Waals surface area contributed by atoms with Gasteiger partial charge in [-0.25, -0.2) is 0 Å². The van der Waals surface area contributed by atoms with Crippen LogP contribution in [0.5, 0.6) is 0 Å². The van der Waals surface area contributed by atoms with Crippen LogP contribution in [0.15, 0.2) is 35.2 Å². The van der Waals surface area contributed by atoms with Gasteiger partial charge in [0.05, 0.1) is 17.8 Å². The Balaban J connectivity index is 2.68. The van der Waals surface area contributed by atoms with Gasteiger partial charge in [-0.1, -0.05) is 12.1 Å². The van der Waals surface area contributed by atoms with Gasteiger partial charge in [0.25, 0.3) is 0 Å². The molecule has 2 aromatic rings. The first-order valence-corrected chi connectivity index (χ1v) is 4.44. The Morgan fingerprint density at radius 3 is 2.77 bits per heavy atom. The molecule has 0 saturated carbocycles. The standard InChI is InChI=1S/C10H9NOS/c12-6-8-3-1-7-2-4-9(13)5-10(7)11-8/h1-5,12-13H,6H2. The Bertz CT molecular complexity index is 442. The zero-order valence-corrected chi connectivity index (χ0v) is 7.83. The van der Waals surface area contributed by atoms with Crippen LogP contribution in [0, 0.1) is 0 Å². The molecule has 0 saturated heterocycles. The number of hydrogen-bond donors (Lipinski definition) is 2. The fraction of sp³-hybridized carbons (Fsp3) is 0.100. The van der Waals surface area contributed by atoms with Gasteiger partial charge in [0.2, 0.25) is 0 Å². The Labute approximate surface area is 81.6 Å². The Morgan fingerprint density at radius 2 is 2.00 bits per heavy atom. The molecule has 0 radical (unpaired) electrons. The van der Waals surface area contributed by atoms with E-state index in [0.717, 1.165) is 15.8 Å². The average molecular weight is 191 g/mol. The highest BCUT2D eigenvalue weighted by atomic mass is 32.1. The molecule has 1 heterocycles. The molecule has 0 aliphatic heterocycles. The lowest BCUT2D eigenvalue weighted by Gasteiger charge is -2.00. The molecule has 2 rings (SSSR count). The van der Waals surface area contributed by atoms with Gasteiger partial charge in [-0.15, -0.1) is 12.6 Å². The summed E-state index contributed by atoms with van der Waals surface area (Å²) in [5.41, 5.74) is 1.56. The van der Waals surface area contributed by atoms with E-state index >= 15 is 0 Å². The van der Waals surface area contributed by atoms with E-state index in [9.17, 15) is 0 Å². The minimum Gasteiger partial charge on any atom is -0.390 e. The molecular formula is C10H9NOS. The fourth-order valence-corrected chi connectivity index (χ4v) is 1.43. The smallest absolute Gasteiger partial charge is 0.0853 e. The molecule has 0 atom stereocenters. The summed E-state index contributed by atoms with van der Waals surface area (Å²) < 4.78 is 0. The molecule has 13 heavy (non-hydrogen) atoms. The van der Waals surface area contributed by atoms with Gasteiger partial charge in [-0.2, -0.15) is 0 Å². The zero-order valence-electron chi connectivity index (χ0n) is 6.94. The van der Waals surface area contributed by atoms with Crippen LogP contribution in [0.3, 0.4) is 0 Å². The van der Waals surface area contributed by atoms with Crippen LogP contribution in [0.2, 0.25) is 0 Å². The summed E-state index contributed by atoms with van der Waals surface area (Å²) >= 11 is 4.22. The number of aliphatic hydroxyl groups is 1. The lowest BCUT2D eigenvalue weighted by atomic mass is 10.2. The van der Waals surface area contributed by atoms with Crippen molar-refractivity contribution >= 4 is 23.5 Å². The molecule has 1 N–H and O–H groups in total. The Hall–Kier alpha value is -1.06. The summed E-state index contributed by atoms with van der Waals surface area (Å²) in [6.45, 7) is -0.0211. The van der Waals surface area contributed by atoms with E-state index in [2.05, 4.69) is 17.6 Å². The predicted octanol–water partition coefficient (Wildman–Crippen LogP) is 2.02. The quantitative estimate of drug-likeness (QED) is 0.676. The van der Waals surface area contributed by atoms with Gasteiger partial charge in [-0.05, 0) is 18.2 Å². The number of nitrogens with zero attached hydrogens (tertiary/aromatic N) is 1. The van der Waals surface area contributed by atoms with Crippen LogP contribution in [0.25, 0.3) is 10.9 Å². The van der Waals surface area contributed by atoms with Crippen LogP contribution < -0.4 is 0 Å². The van der Waals surface area contributed by atoms with E-state index in [1.165, 1.54) is 0 Å². The summed E-state index contributed by atoms with van der Waals surface area (Å²) in [5.74, 6) is 0. The van der Waals surface area contributed by atoms with Gasteiger partial charge in [0, 0.05) is 10.3 Å². The number of thiol groups is 1. The maximum absolute atomic E-state index is 8.88. The van der Waals surface area contributed by atoms with Crippen molar-refractivity contribution < 1.29 is 5.11 Å². The second-order valence-corrected chi connectivity index (χ2v) is 3.35. The van der Waals surface area contributed by atoms with Crippen molar-refractivity contribution in [2.75, 3.05) is 0 Å². The number of pyridine rings is 1. The molecule has 0 amide bonds. The number of aliphatic hydroxyl groups excluding tert-OH is 1. The summed E-state index contributed by atoms with van der Waals surface area (Å²) in [4.78, 5) is 5.14. The van der Waals surface area contributed by atoms with Crippen LogP contribution in [0.4, 0.5) is 0 Å². The number of benzene rings is 1. The van der Waals surface area contributed by atoms with E-state index in [1.807, 2.05) is 30.3 Å². The molecule has 66 valence electrons. The van der Waals surface area contributed by atoms with Crippen LogP contribution in [-0.2, 0) is 6.61 Å². The molecule has 1 aromatic carbocycles. The van der Waals surface area contributed by atoms with Gasteiger partial charge in [-0.3, -0.25) is 4.98 Å². The first-order valence-electron chi connectivity index (χ1n) is 3.99. The average Bonchev–Trinajstić information content (AvgIpc) is 2.16. The second kappa shape index (κ2) is 3.36. The first-order chi connectivity index (χ1) is 6.29. The van der Waals surface area contributed by atoms with E-state index in [0.29, 0.717) is 5.69 Å². The van der Waals surface area contributed by atoms with Gasteiger partial charge >= 0.3 is 0 Å². The van der Waals surface area contributed by atoms with Gasteiger partial charge in [0.1, 0.15) is 0 Å². The first kappa shape index (κ1) is 8.53. The van der Waals surface area contributed by atoms with Crippen molar-refractivity contribution in [1.29, 1.82) is 0 Å².